The maximum Gasteiger partial charge on any atom is 0.306 e. The zero-order valence-electron chi connectivity index (χ0n) is 15.7. The van der Waals surface area contributed by atoms with E-state index in [1.54, 1.807) is 7.11 Å². The number of carbonyl (C=O) groups excluding carboxylic acids is 1. The van der Waals surface area contributed by atoms with Crippen LogP contribution in [0.2, 0.25) is 5.02 Å². The minimum atomic E-state index is -0.476. The molecule has 0 bridgehead atoms. The molecule has 0 aliphatic heterocycles. The molecule has 0 amide bonds. The van der Waals surface area contributed by atoms with Crippen molar-refractivity contribution in [2.24, 2.45) is 0 Å². The molecule has 5 heteroatoms. The van der Waals surface area contributed by atoms with Crippen LogP contribution in [-0.4, -0.2) is 18.7 Å². The molecule has 0 aliphatic carbocycles. The number of hydrogen-bond donors (Lipinski definition) is 1. The molecule has 0 fully saturated rings. The minimum absolute atomic E-state index is 0.0341. The Hall–Kier alpha value is -2.20. The smallest absolute Gasteiger partial charge is 0.306 e. The van der Waals surface area contributed by atoms with Gasteiger partial charge in [-0.05, 0) is 69.2 Å². The lowest BCUT2D eigenvalue weighted by atomic mass is 10.0. The van der Waals surface area contributed by atoms with Crippen molar-refractivity contribution < 1.29 is 14.3 Å². The molecule has 140 valence electrons. The summed E-state index contributed by atoms with van der Waals surface area (Å²) in [7, 11) is 1.64. The first kappa shape index (κ1) is 20.1. The van der Waals surface area contributed by atoms with Gasteiger partial charge in [-0.25, -0.2) is 0 Å². The van der Waals surface area contributed by atoms with Crippen molar-refractivity contribution in [1.29, 1.82) is 0 Å². The van der Waals surface area contributed by atoms with Gasteiger partial charge >= 0.3 is 5.97 Å². The zero-order chi connectivity index (χ0) is 19.2. The Morgan fingerprint density at radius 1 is 1.08 bits per heavy atom. The zero-order valence-corrected chi connectivity index (χ0v) is 16.5. The highest BCUT2D eigenvalue weighted by atomic mass is 35.5. The number of ether oxygens (including phenoxy) is 2. The van der Waals surface area contributed by atoms with Gasteiger partial charge in [0.15, 0.2) is 0 Å². The molecule has 1 atom stereocenters. The van der Waals surface area contributed by atoms with Gasteiger partial charge in [0, 0.05) is 17.1 Å². The van der Waals surface area contributed by atoms with E-state index in [4.69, 9.17) is 21.1 Å². The quantitative estimate of drug-likeness (QED) is 0.637. The number of esters is 1. The summed E-state index contributed by atoms with van der Waals surface area (Å²) in [6.45, 7) is 5.62. The van der Waals surface area contributed by atoms with E-state index in [1.165, 1.54) is 0 Å². The predicted molar refractivity (Wildman–Crippen MR) is 106 cm³/mol. The summed E-state index contributed by atoms with van der Waals surface area (Å²) in [4.78, 5) is 12.1. The summed E-state index contributed by atoms with van der Waals surface area (Å²) in [6, 6.07) is 15.3. The number of anilines is 1. The van der Waals surface area contributed by atoms with Crippen molar-refractivity contribution in [2.45, 2.75) is 45.3 Å². The van der Waals surface area contributed by atoms with Crippen LogP contribution in [0.25, 0.3) is 0 Å². The third kappa shape index (κ3) is 6.60. The van der Waals surface area contributed by atoms with Gasteiger partial charge in [-0.2, -0.15) is 0 Å². The van der Waals surface area contributed by atoms with E-state index in [0.29, 0.717) is 17.9 Å². The normalized spacial score (nSPS) is 12.3. The van der Waals surface area contributed by atoms with Gasteiger partial charge in [0.2, 0.25) is 0 Å². The van der Waals surface area contributed by atoms with E-state index in [-0.39, 0.29) is 12.0 Å². The molecule has 0 heterocycles. The minimum Gasteiger partial charge on any atom is -0.497 e. The van der Waals surface area contributed by atoms with Crippen LogP contribution >= 0.6 is 11.6 Å². The Bertz CT molecular complexity index is 706. The van der Waals surface area contributed by atoms with Crippen LogP contribution in [0.3, 0.4) is 0 Å². The van der Waals surface area contributed by atoms with Crippen molar-refractivity contribution in [3.8, 4) is 5.75 Å². The number of hydrogen-bond acceptors (Lipinski definition) is 4. The third-order valence-electron chi connectivity index (χ3n) is 3.76. The molecule has 0 radical (unpaired) electrons. The topological polar surface area (TPSA) is 47.6 Å². The predicted octanol–water partition coefficient (Wildman–Crippen LogP) is 5.62. The van der Waals surface area contributed by atoms with Crippen LogP contribution in [0.5, 0.6) is 5.75 Å². The van der Waals surface area contributed by atoms with Crippen molar-refractivity contribution in [2.75, 3.05) is 12.4 Å². The molecular weight excluding hydrogens is 350 g/mol. The van der Waals surface area contributed by atoms with Crippen LogP contribution in [-0.2, 0) is 9.53 Å². The summed E-state index contributed by atoms with van der Waals surface area (Å²) in [5, 5.41) is 4.16. The molecule has 0 unspecified atom stereocenters. The number of methoxy groups -OCH3 is 1. The van der Waals surface area contributed by atoms with E-state index in [1.807, 2.05) is 69.3 Å². The lowest BCUT2D eigenvalue weighted by Crippen LogP contribution is -2.24. The second-order valence-electron chi connectivity index (χ2n) is 7.10. The Balaban J connectivity index is 2.10. The van der Waals surface area contributed by atoms with Gasteiger partial charge in [-0.15, -0.1) is 0 Å². The summed E-state index contributed by atoms with van der Waals surface area (Å²) < 4.78 is 10.6. The molecule has 0 saturated carbocycles. The monoisotopic (exact) mass is 375 g/mol. The van der Waals surface area contributed by atoms with E-state index in [0.717, 1.165) is 17.0 Å². The van der Waals surface area contributed by atoms with Gasteiger partial charge in [0.05, 0.1) is 13.2 Å². The fourth-order valence-electron chi connectivity index (χ4n) is 2.56. The first-order chi connectivity index (χ1) is 12.3. The van der Waals surface area contributed by atoms with Gasteiger partial charge in [-0.1, -0.05) is 23.7 Å². The lowest BCUT2D eigenvalue weighted by molar-refractivity contribution is -0.154. The molecule has 26 heavy (non-hydrogen) atoms. The largest absolute Gasteiger partial charge is 0.497 e. The van der Waals surface area contributed by atoms with E-state index < -0.39 is 5.60 Å². The summed E-state index contributed by atoms with van der Waals surface area (Å²) >= 11 is 6.00. The average molecular weight is 376 g/mol. The van der Waals surface area contributed by atoms with Crippen LogP contribution < -0.4 is 10.1 Å². The molecule has 2 aromatic rings. The van der Waals surface area contributed by atoms with Crippen molar-refractivity contribution in [3.05, 3.63) is 59.1 Å². The number of carbonyl (C=O) groups is 1. The summed E-state index contributed by atoms with van der Waals surface area (Å²) in [5.41, 5.74) is 1.54. The van der Waals surface area contributed by atoms with E-state index >= 15 is 0 Å². The van der Waals surface area contributed by atoms with Gasteiger partial charge in [-0.3, -0.25) is 4.79 Å². The molecule has 0 aromatic heterocycles. The highest BCUT2D eigenvalue weighted by Gasteiger charge is 2.19. The number of nitrogens with one attached hydrogen (secondary N) is 1. The Labute approximate surface area is 160 Å². The second-order valence-corrected chi connectivity index (χ2v) is 7.54. The summed E-state index contributed by atoms with van der Waals surface area (Å²) in [6.07, 6.45) is 0.941. The van der Waals surface area contributed by atoms with Crippen LogP contribution in [0.4, 0.5) is 5.69 Å². The molecule has 0 aliphatic rings. The Kier molecular flexibility index (Phi) is 6.92. The van der Waals surface area contributed by atoms with E-state index in [9.17, 15) is 4.79 Å². The van der Waals surface area contributed by atoms with Gasteiger partial charge in [0.1, 0.15) is 11.4 Å². The molecule has 2 rings (SSSR count). The third-order valence-corrected chi connectivity index (χ3v) is 4.01. The van der Waals surface area contributed by atoms with Crippen LogP contribution in [0.15, 0.2) is 48.5 Å². The Morgan fingerprint density at radius 3 is 2.23 bits per heavy atom. The Morgan fingerprint density at radius 2 is 1.69 bits per heavy atom. The fourth-order valence-corrected chi connectivity index (χ4v) is 2.69. The fraction of sp³-hybridized carbons (Fsp3) is 0.381. The van der Waals surface area contributed by atoms with Gasteiger partial charge < -0.3 is 14.8 Å². The maximum absolute atomic E-state index is 12.1. The average Bonchev–Trinajstić information content (AvgIpc) is 2.58. The second kappa shape index (κ2) is 8.95. The molecule has 0 spiro atoms. The molecule has 0 saturated heterocycles. The lowest BCUT2D eigenvalue weighted by Gasteiger charge is -2.23. The number of benzene rings is 2. The van der Waals surface area contributed by atoms with Gasteiger partial charge in [0.25, 0.3) is 0 Å². The van der Waals surface area contributed by atoms with Crippen LogP contribution in [0.1, 0.15) is 45.2 Å². The standard InChI is InChI=1S/C21H26ClNO3/c1-21(2,3)26-20(24)14-13-19(15-5-7-16(22)8-6-15)23-17-9-11-18(25-4)12-10-17/h5-12,19,23H,13-14H2,1-4H3/t19-/m0/s1. The first-order valence-electron chi connectivity index (χ1n) is 8.65. The van der Waals surface area contributed by atoms with E-state index in [2.05, 4.69) is 5.32 Å². The molecular formula is C21H26ClNO3. The number of rotatable bonds is 7. The van der Waals surface area contributed by atoms with Crippen molar-refractivity contribution in [3.63, 3.8) is 0 Å². The summed E-state index contributed by atoms with van der Waals surface area (Å²) in [5.74, 6) is 0.598. The van der Waals surface area contributed by atoms with Crippen LogP contribution in [0, 0.1) is 0 Å². The van der Waals surface area contributed by atoms with Crippen molar-refractivity contribution in [1.82, 2.24) is 0 Å². The first-order valence-corrected chi connectivity index (χ1v) is 9.02. The maximum atomic E-state index is 12.1. The molecule has 1 N–H and O–H groups in total. The number of halogens is 1. The molecule has 4 nitrogen and oxygen atoms in total. The highest BCUT2D eigenvalue weighted by Crippen LogP contribution is 2.27. The molecule has 2 aromatic carbocycles. The SMILES string of the molecule is COc1ccc(N[C@@H](CCC(=O)OC(C)(C)C)c2ccc(Cl)cc2)cc1. The van der Waals surface area contributed by atoms with Crippen molar-refractivity contribution >= 4 is 23.3 Å². The highest BCUT2D eigenvalue weighted by molar-refractivity contribution is 6.30.